The molecule has 102 valence electrons. The molecular weight excluding hydrogens is 259 g/mol. The van der Waals surface area contributed by atoms with Crippen LogP contribution in [0.2, 0.25) is 0 Å². The summed E-state index contributed by atoms with van der Waals surface area (Å²) in [6.07, 6.45) is 3.23. The minimum Gasteiger partial charge on any atom is -0.484 e. The van der Waals surface area contributed by atoms with Gasteiger partial charge in [-0.2, -0.15) is 5.10 Å². The van der Waals surface area contributed by atoms with E-state index in [1.54, 1.807) is 41.4 Å². The lowest BCUT2D eigenvalue weighted by molar-refractivity contribution is 0.280. The predicted molar refractivity (Wildman–Crippen MR) is 71.6 cm³/mol. The van der Waals surface area contributed by atoms with Gasteiger partial charge < -0.3 is 9.15 Å². The molecule has 20 heavy (non-hydrogen) atoms. The molecule has 0 bridgehead atoms. The highest BCUT2D eigenvalue weighted by Crippen LogP contribution is 2.26. The highest BCUT2D eigenvalue weighted by Gasteiger charge is 2.09. The van der Waals surface area contributed by atoms with Crippen LogP contribution in [0, 0.1) is 5.82 Å². The fourth-order valence-electron chi connectivity index (χ4n) is 1.91. The molecule has 0 atom stereocenters. The number of benzene rings is 1. The molecule has 2 heterocycles. The molecule has 0 saturated heterocycles. The standard InChI is InChI=1S/C15H13FN2O2/c1-18-12(6-7-17-18)10-20-15-5-4-11(9-13(15)16)14-3-2-8-19-14/h2-9H,10H2,1H3. The Morgan fingerprint density at radius 2 is 2.20 bits per heavy atom. The number of halogens is 1. The summed E-state index contributed by atoms with van der Waals surface area (Å²) >= 11 is 0. The van der Waals surface area contributed by atoms with E-state index < -0.39 is 5.82 Å². The van der Waals surface area contributed by atoms with Crippen LogP contribution in [0.5, 0.6) is 5.75 Å². The van der Waals surface area contributed by atoms with E-state index in [9.17, 15) is 4.39 Å². The molecule has 0 aliphatic carbocycles. The van der Waals surface area contributed by atoms with Gasteiger partial charge in [-0.25, -0.2) is 4.39 Å². The molecule has 5 heteroatoms. The normalized spacial score (nSPS) is 10.7. The van der Waals surface area contributed by atoms with Crippen molar-refractivity contribution in [2.45, 2.75) is 6.61 Å². The second kappa shape index (κ2) is 5.21. The summed E-state index contributed by atoms with van der Waals surface area (Å²) < 4.78 is 26.4. The van der Waals surface area contributed by atoms with Gasteiger partial charge in [0.25, 0.3) is 0 Å². The van der Waals surface area contributed by atoms with Crippen LogP contribution < -0.4 is 4.74 Å². The predicted octanol–water partition coefficient (Wildman–Crippen LogP) is 3.40. The number of aromatic nitrogens is 2. The summed E-state index contributed by atoms with van der Waals surface area (Å²) in [6, 6.07) is 10.1. The summed E-state index contributed by atoms with van der Waals surface area (Å²) in [6.45, 7) is 0.271. The van der Waals surface area contributed by atoms with E-state index in [4.69, 9.17) is 9.15 Å². The van der Waals surface area contributed by atoms with Gasteiger partial charge in [0, 0.05) is 18.8 Å². The summed E-state index contributed by atoms with van der Waals surface area (Å²) in [7, 11) is 1.81. The van der Waals surface area contributed by atoms with Crippen molar-refractivity contribution >= 4 is 0 Å². The molecule has 3 aromatic rings. The van der Waals surface area contributed by atoms with Crippen molar-refractivity contribution in [3.05, 3.63) is 60.4 Å². The van der Waals surface area contributed by atoms with Crippen molar-refractivity contribution in [2.24, 2.45) is 7.05 Å². The topological polar surface area (TPSA) is 40.2 Å². The van der Waals surface area contributed by atoms with Gasteiger partial charge in [0.15, 0.2) is 11.6 Å². The molecule has 3 rings (SSSR count). The quantitative estimate of drug-likeness (QED) is 0.730. The van der Waals surface area contributed by atoms with Crippen molar-refractivity contribution in [2.75, 3.05) is 0 Å². The SMILES string of the molecule is Cn1nccc1COc1ccc(-c2ccco2)cc1F. The fraction of sp³-hybridized carbons (Fsp3) is 0.133. The van der Waals surface area contributed by atoms with Crippen LogP contribution in [0.15, 0.2) is 53.3 Å². The van der Waals surface area contributed by atoms with Crippen LogP contribution in [0.25, 0.3) is 11.3 Å². The first-order chi connectivity index (χ1) is 9.74. The summed E-state index contributed by atoms with van der Waals surface area (Å²) in [5, 5.41) is 4.03. The third-order valence-electron chi connectivity index (χ3n) is 3.04. The third kappa shape index (κ3) is 2.42. The summed E-state index contributed by atoms with van der Waals surface area (Å²) in [4.78, 5) is 0. The van der Waals surface area contributed by atoms with Gasteiger partial charge in [-0.05, 0) is 36.4 Å². The zero-order valence-corrected chi connectivity index (χ0v) is 10.9. The number of aryl methyl sites for hydroxylation is 1. The van der Waals surface area contributed by atoms with E-state index in [-0.39, 0.29) is 12.4 Å². The van der Waals surface area contributed by atoms with E-state index in [0.717, 1.165) is 5.69 Å². The Hall–Kier alpha value is -2.56. The fourth-order valence-corrected chi connectivity index (χ4v) is 1.91. The Balaban J connectivity index is 1.76. The molecule has 1 aromatic carbocycles. The maximum atomic E-state index is 14.0. The van der Waals surface area contributed by atoms with Gasteiger partial charge in [-0.3, -0.25) is 4.68 Å². The van der Waals surface area contributed by atoms with E-state index in [1.165, 1.54) is 6.07 Å². The van der Waals surface area contributed by atoms with Crippen LogP contribution in [0.3, 0.4) is 0 Å². The largest absolute Gasteiger partial charge is 0.484 e. The van der Waals surface area contributed by atoms with Crippen LogP contribution in [-0.2, 0) is 13.7 Å². The van der Waals surface area contributed by atoms with E-state index in [1.807, 2.05) is 13.1 Å². The maximum absolute atomic E-state index is 14.0. The first kappa shape index (κ1) is 12.5. The van der Waals surface area contributed by atoms with E-state index in [2.05, 4.69) is 5.10 Å². The van der Waals surface area contributed by atoms with Crippen LogP contribution in [0.4, 0.5) is 4.39 Å². The number of rotatable bonds is 4. The van der Waals surface area contributed by atoms with E-state index in [0.29, 0.717) is 11.3 Å². The maximum Gasteiger partial charge on any atom is 0.165 e. The molecule has 0 amide bonds. The van der Waals surface area contributed by atoms with Gasteiger partial charge in [-0.15, -0.1) is 0 Å². The Kier molecular flexibility index (Phi) is 3.25. The number of hydrogen-bond acceptors (Lipinski definition) is 3. The second-order valence-electron chi connectivity index (χ2n) is 4.36. The van der Waals surface area contributed by atoms with Gasteiger partial charge in [-0.1, -0.05) is 0 Å². The molecule has 2 aromatic heterocycles. The third-order valence-corrected chi connectivity index (χ3v) is 3.04. The Morgan fingerprint density at radius 3 is 2.85 bits per heavy atom. The number of furan rings is 1. The van der Waals surface area contributed by atoms with E-state index >= 15 is 0 Å². The molecule has 0 fully saturated rings. The highest BCUT2D eigenvalue weighted by atomic mass is 19.1. The molecule has 0 spiro atoms. The number of ether oxygens (including phenoxy) is 1. The van der Waals surface area contributed by atoms with Crippen molar-refractivity contribution in [1.82, 2.24) is 9.78 Å². The molecular formula is C15H13FN2O2. The average molecular weight is 272 g/mol. The smallest absolute Gasteiger partial charge is 0.165 e. The Bertz CT molecular complexity index is 704. The van der Waals surface area contributed by atoms with Gasteiger partial charge in [0.05, 0.1) is 12.0 Å². The molecule has 4 nitrogen and oxygen atoms in total. The lowest BCUT2D eigenvalue weighted by atomic mass is 10.1. The Morgan fingerprint density at radius 1 is 1.30 bits per heavy atom. The van der Waals surface area contributed by atoms with Crippen LogP contribution in [-0.4, -0.2) is 9.78 Å². The second-order valence-corrected chi connectivity index (χ2v) is 4.36. The molecule has 0 unspecified atom stereocenters. The van der Waals surface area contributed by atoms with Crippen LogP contribution in [0.1, 0.15) is 5.69 Å². The van der Waals surface area contributed by atoms with Crippen molar-refractivity contribution in [3.63, 3.8) is 0 Å². The number of hydrogen-bond donors (Lipinski definition) is 0. The van der Waals surface area contributed by atoms with Crippen molar-refractivity contribution in [3.8, 4) is 17.1 Å². The minimum atomic E-state index is -0.416. The van der Waals surface area contributed by atoms with Crippen molar-refractivity contribution < 1.29 is 13.5 Å². The first-order valence-corrected chi connectivity index (χ1v) is 6.17. The summed E-state index contributed by atoms with van der Waals surface area (Å²) in [5.74, 6) is 0.421. The summed E-state index contributed by atoms with van der Waals surface area (Å²) in [5.41, 5.74) is 1.56. The van der Waals surface area contributed by atoms with Gasteiger partial charge in [0.1, 0.15) is 12.4 Å². The molecule has 0 aliphatic heterocycles. The highest BCUT2D eigenvalue weighted by molar-refractivity contribution is 5.58. The zero-order chi connectivity index (χ0) is 13.9. The van der Waals surface area contributed by atoms with Gasteiger partial charge >= 0.3 is 0 Å². The number of nitrogens with zero attached hydrogens (tertiary/aromatic N) is 2. The molecule has 0 N–H and O–H groups in total. The molecule has 0 saturated carbocycles. The minimum absolute atomic E-state index is 0.210. The monoisotopic (exact) mass is 272 g/mol. The first-order valence-electron chi connectivity index (χ1n) is 6.17. The average Bonchev–Trinajstić information content (AvgIpc) is 3.09. The van der Waals surface area contributed by atoms with Crippen LogP contribution >= 0.6 is 0 Å². The Labute approximate surface area is 115 Å². The zero-order valence-electron chi connectivity index (χ0n) is 10.9. The van der Waals surface area contributed by atoms with Crippen molar-refractivity contribution in [1.29, 1.82) is 0 Å². The van der Waals surface area contributed by atoms with Gasteiger partial charge in [0.2, 0.25) is 0 Å². The lowest BCUT2D eigenvalue weighted by Crippen LogP contribution is -2.03. The molecule has 0 radical (unpaired) electrons. The lowest BCUT2D eigenvalue weighted by Gasteiger charge is -2.08. The molecule has 0 aliphatic rings.